The first-order valence-corrected chi connectivity index (χ1v) is 11.6. The first-order valence-electron chi connectivity index (χ1n) is 10.2. The Morgan fingerprint density at radius 2 is 1.63 bits per heavy atom. The van der Waals surface area contributed by atoms with Gasteiger partial charge in [-0.25, -0.2) is 8.42 Å². The van der Waals surface area contributed by atoms with Crippen molar-refractivity contribution in [1.82, 2.24) is 9.21 Å². The van der Waals surface area contributed by atoms with Crippen LogP contribution in [0.15, 0.2) is 53.4 Å². The van der Waals surface area contributed by atoms with Crippen molar-refractivity contribution in [2.45, 2.75) is 18.7 Å². The number of hydrogen-bond acceptors (Lipinski definition) is 5. The minimum absolute atomic E-state index is 0.0301. The van der Waals surface area contributed by atoms with Crippen LogP contribution in [0.1, 0.15) is 24.2 Å². The summed E-state index contributed by atoms with van der Waals surface area (Å²) >= 11 is 0. The fourth-order valence-electron chi connectivity index (χ4n) is 3.70. The average molecular weight is 432 g/mol. The standard InChI is InChI=1S/C22H29N3O4S/c1-4-25(5-2)30(27,28)21-17-18(11-12-20(21)29-3)22(26)24-15-13-23(14-16-24)19-9-7-6-8-10-19/h6-12,17H,4-5,13-16H2,1-3H3. The molecule has 1 fully saturated rings. The Kier molecular flexibility index (Phi) is 6.99. The van der Waals surface area contributed by atoms with Crippen LogP contribution >= 0.6 is 0 Å². The lowest BCUT2D eigenvalue weighted by atomic mass is 10.1. The molecule has 2 aromatic rings. The molecule has 1 aliphatic heterocycles. The highest BCUT2D eigenvalue weighted by Crippen LogP contribution is 2.28. The van der Waals surface area contributed by atoms with Gasteiger partial charge in [-0.1, -0.05) is 32.0 Å². The Morgan fingerprint density at radius 3 is 2.20 bits per heavy atom. The first kappa shape index (κ1) is 22.1. The Hall–Kier alpha value is -2.58. The molecule has 8 heteroatoms. The molecule has 7 nitrogen and oxygen atoms in total. The second-order valence-corrected chi connectivity index (χ2v) is 8.98. The number of sulfonamides is 1. The van der Waals surface area contributed by atoms with Gasteiger partial charge in [0.05, 0.1) is 7.11 Å². The summed E-state index contributed by atoms with van der Waals surface area (Å²) in [5.74, 6) is 0.0775. The smallest absolute Gasteiger partial charge is 0.254 e. The zero-order valence-corrected chi connectivity index (χ0v) is 18.6. The van der Waals surface area contributed by atoms with Gasteiger partial charge in [-0.3, -0.25) is 4.79 Å². The zero-order valence-electron chi connectivity index (χ0n) is 17.7. The molecule has 0 N–H and O–H groups in total. The summed E-state index contributed by atoms with van der Waals surface area (Å²) in [6.07, 6.45) is 0. The Morgan fingerprint density at radius 1 is 1.00 bits per heavy atom. The molecule has 162 valence electrons. The van der Waals surface area contributed by atoms with Crippen LogP contribution < -0.4 is 9.64 Å². The molecule has 0 spiro atoms. The van der Waals surface area contributed by atoms with Gasteiger partial charge in [-0.15, -0.1) is 0 Å². The van der Waals surface area contributed by atoms with Crippen molar-refractivity contribution in [3.05, 3.63) is 54.1 Å². The van der Waals surface area contributed by atoms with E-state index in [1.165, 1.54) is 17.5 Å². The van der Waals surface area contributed by atoms with E-state index in [1.807, 2.05) is 18.2 Å². The molecular weight excluding hydrogens is 402 g/mol. The molecule has 1 amide bonds. The number of rotatable bonds is 7. The summed E-state index contributed by atoms with van der Waals surface area (Å²) in [6.45, 7) is 6.90. The second kappa shape index (κ2) is 9.49. The van der Waals surface area contributed by atoms with Crippen molar-refractivity contribution < 1.29 is 17.9 Å². The Labute approximate surface area is 178 Å². The predicted octanol–water partition coefficient (Wildman–Crippen LogP) is 2.69. The number of carbonyl (C=O) groups excluding carboxylic acids is 1. The molecule has 0 aliphatic carbocycles. The van der Waals surface area contributed by atoms with Crippen LogP contribution in [0, 0.1) is 0 Å². The molecular formula is C22H29N3O4S. The number of ether oxygens (including phenoxy) is 1. The second-order valence-electron chi connectivity index (χ2n) is 7.07. The van der Waals surface area contributed by atoms with Crippen molar-refractivity contribution in [1.29, 1.82) is 0 Å². The van der Waals surface area contributed by atoms with Crippen molar-refractivity contribution >= 4 is 21.6 Å². The zero-order chi connectivity index (χ0) is 21.7. The normalized spacial score (nSPS) is 14.8. The van der Waals surface area contributed by atoms with E-state index in [0.29, 0.717) is 31.7 Å². The minimum atomic E-state index is -3.75. The molecule has 0 aromatic heterocycles. The molecule has 30 heavy (non-hydrogen) atoms. The summed E-state index contributed by atoms with van der Waals surface area (Å²) in [4.78, 5) is 17.1. The van der Waals surface area contributed by atoms with E-state index >= 15 is 0 Å². The summed E-state index contributed by atoms with van der Waals surface area (Å²) in [7, 11) is -2.31. The van der Waals surface area contributed by atoms with Gasteiger partial charge in [0.15, 0.2) is 0 Å². The third kappa shape index (κ3) is 4.44. The van der Waals surface area contributed by atoms with E-state index in [9.17, 15) is 13.2 Å². The lowest BCUT2D eigenvalue weighted by Crippen LogP contribution is -2.48. The highest BCUT2D eigenvalue weighted by atomic mass is 32.2. The van der Waals surface area contributed by atoms with E-state index in [1.54, 1.807) is 30.9 Å². The number of hydrogen-bond donors (Lipinski definition) is 0. The Balaban J connectivity index is 1.80. The molecule has 1 saturated heterocycles. The number of para-hydroxylation sites is 1. The maximum Gasteiger partial charge on any atom is 0.254 e. The van der Waals surface area contributed by atoms with Gasteiger partial charge < -0.3 is 14.5 Å². The third-order valence-corrected chi connectivity index (χ3v) is 7.49. The van der Waals surface area contributed by atoms with E-state index in [2.05, 4.69) is 17.0 Å². The summed E-state index contributed by atoms with van der Waals surface area (Å²) in [6, 6.07) is 14.7. The van der Waals surface area contributed by atoms with Crippen LogP contribution in [0.4, 0.5) is 5.69 Å². The number of anilines is 1. The number of piperazine rings is 1. The van der Waals surface area contributed by atoms with Gasteiger partial charge in [0.25, 0.3) is 5.91 Å². The lowest BCUT2D eigenvalue weighted by molar-refractivity contribution is 0.0746. The van der Waals surface area contributed by atoms with Crippen LogP contribution in [-0.2, 0) is 10.0 Å². The van der Waals surface area contributed by atoms with E-state index in [4.69, 9.17) is 4.74 Å². The largest absolute Gasteiger partial charge is 0.495 e. The molecule has 0 unspecified atom stereocenters. The number of nitrogens with zero attached hydrogens (tertiary/aromatic N) is 3. The van der Waals surface area contributed by atoms with Crippen LogP contribution in [-0.4, -0.2) is 69.9 Å². The lowest BCUT2D eigenvalue weighted by Gasteiger charge is -2.36. The van der Waals surface area contributed by atoms with Crippen LogP contribution in [0.2, 0.25) is 0 Å². The maximum atomic E-state index is 13.1. The molecule has 1 aliphatic rings. The van der Waals surface area contributed by atoms with Crippen LogP contribution in [0.25, 0.3) is 0 Å². The van der Waals surface area contributed by atoms with E-state index in [0.717, 1.165) is 18.8 Å². The van der Waals surface area contributed by atoms with Crippen molar-refractivity contribution in [2.75, 3.05) is 51.3 Å². The van der Waals surface area contributed by atoms with Gasteiger partial charge in [0.1, 0.15) is 10.6 Å². The first-order chi connectivity index (χ1) is 14.4. The van der Waals surface area contributed by atoms with Gasteiger partial charge in [-0.05, 0) is 30.3 Å². The topological polar surface area (TPSA) is 70.2 Å². The summed E-state index contributed by atoms with van der Waals surface area (Å²) in [5, 5.41) is 0. The van der Waals surface area contributed by atoms with Gasteiger partial charge in [-0.2, -0.15) is 4.31 Å². The fraction of sp³-hybridized carbons (Fsp3) is 0.409. The number of carbonyl (C=O) groups is 1. The van der Waals surface area contributed by atoms with Gasteiger partial charge in [0.2, 0.25) is 10.0 Å². The highest BCUT2D eigenvalue weighted by molar-refractivity contribution is 7.89. The summed E-state index contributed by atoms with van der Waals surface area (Å²) < 4.78 is 32.7. The molecule has 0 saturated carbocycles. The van der Waals surface area contributed by atoms with E-state index < -0.39 is 10.0 Å². The Bertz CT molecular complexity index is 967. The van der Waals surface area contributed by atoms with Crippen molar-refractivity contribution in [3.8, 4) is 5.75 Å². The average Bonchev–Trinajstić information content (AvgIpc) is 2.79. The molecule has 0 radical (unpaired) electrons. The minimum Gasteiger partial charge on any atom is -0.495 e. The number of benzene rings is 2. The van der Waals surface area contributed by atoms with Gasteiger partial charge in [0, 0.05) is 50.5 Å². The summed E-state index contributed by atoms with van der Waals surface area (Å²) in [5.41, 5.74) is 1.50. The third-order valence-electron chi connectivity index (χ3n) is 5.42. The quantitative estimate of drug-likeness (QED) is 0.674. The fourth-order valence-corrected chi connectivity index (χ4v) is 5.34. The molecule has 0 atom stereocenters. The van der Waals surface area contributed by atoms with Crippen LogP contribution in [0.3, 0.4) is 0 Å². The van der Waals surface area contributed by atoms with Crippen molar-refractivity contribution in [3.63, 3.8) is 0 Å². The predicted molar refractivity (Wildman–Crippen MR) is 118 cm³/mol. The van der Waals surface area contributed by atoms with Gasteiger partial charge >= 0.3 is 0 Å². The SMILES string of the molecule is CCN(CC)S(=O)(=O)c1cc(C(=O)N2CCN(c3ccccc3)CC2)ccc1OC. The number of methoxy groups -OCH3 is 1. The molecule has 1 heterocycles. The van der Waals surface area contributed by atoms with Crippen LogP contribution in [0.5, 0.6) is 5.75 Å². The maximum absolute atomic E-state index is 13.1. The highest BCUT2D eigenvalue weighted by Gasteiger charge is 2.28. The number of amides is 1. The monoisotopic (exact) mass is 431 g/mol. The molecule has 0 bridgehead atoms. The van der Waals surface area contributed by atoms with E-state index in [-0.39, 0.29) is 16.6 Å². The molecule has 3 rings (SSSR count). The van der Waals surface area contributed by atoms with Crippen molar-refractivity contribution in [2.24, 2.45) is 0 Å². The molecule has 2 aromatic carbocycles.